The molecular formula is C14H12N4O2S. The van der Waals surface area contributed by atoms with Gasteiger partial charge >= 0.3 is 0 Å². The molecule has 0 spiro atoms. The minimum atomic E-state index is -0.192. The van der Waals surface area contributed by atoms with E-state index in [2.05, 4.69) is 15.3 Å². The van der Waals surface area contributed by atoms with Crippen LogP contribution in [-0.2, 0) is 9.59 Å². The molecule has 0 fully saturated rings. The molecule has 0 bridgehead atoms. The molecule has 0 saturated carbocycles. The standard InChI is InChI=1S/C14H12N4O2S/c19-12-8-18(11-5-2-1-4-10(11)17-12)13(20)9-21-14-15-6-3-7-16-14/h1-7H,8-9H2,(H,17,19). The highest BCUT2D eigenvalue weighted by atomic mass is 32.2. The lowest BCUT2D eigenvalue weighted by Crippen LogP contribution is -2.43. The number of hydrogen-bond acceptors (Lipinski definition) is 5. The van der Waals surface area contributed by atoms with Gasteiger partial charge in [-0.1, -0.05) is 23.9 Å². The number of amides is 2. The van der Waals surface area contributed by atoms with Crippen molar-refractivity contribution in [1.29, 1.82) is 0 Å². The fourth-order valence-corrected chi connectivity index (χ4v) is 2.70. The second kappa shape index (κ2) is 5.92. The number of nitrogens with zero attached hydrogens (tertiary/aromatic N) is 3. The summed E-state index contributed by atoms with van der Waals surface area (Å²) >= 11 is 1.25. The van der Waals surface area contributed by atoms with Gasteiger partial charge in [0, 0.05) is 12.4 Å². The first kappa shape index (κ1) is 13.6. The molecule has 6 nitrogen and oxygen atoms in total. The van der Waals surface area contributed by atoms with Crippen molar-refractivity contribution in [3.8, 4) is 0 Å². The van der Waals surface area contributed by atoms with Gasteiger partial charge in [0.25, 0.3) is 0 Å². The van der Waals surface area contributed by atoms with Gasteiger partial charge in [-0.3, -0.25) is 9.59 Å². The Morgan fingerprint density at radius 1 is 1.24 bits per heavy atom. The average molecular weight is 300 g/mol. The Balaban J connectivity index is 1.74. The number of fused-ring (bicyclic) bond motifs is 1. The second-order valence-corrected chi connectivity index (χ2v) is 5.31. The minimum Gasteiger partial charge on any atom is -0.323 e. The molecule has 1 N–H and O–H groups in total. The summed E-state index contributed by atoms with van der Waals surface area (Å²) in [4.78, 5) is 33.6. The number of para-hydroxylation sites is 2. The van der Waals surface area contributed by atoms with Gasteiger partial charge in [0.05, 0.1) is 17.1 Å². The highest BCUT2D eigenvalue weighted by molar-refractivity contribution is 7.99. The third-order valence-corrected chi connectivity index (χ3v) is 3.80. The molecule has 7 heteroatoms. The molecule has 0 radical (unpaired) electrons. The van der Waals surface area contributed by atoms with Crippen LogP contribution in [0.2, 0.25) is 0 Å². The summed E-state index contributed by atoms with van der Waals surface area (Å²) in [5.41, 5.74) is 1.37. The van der Waals surface area contributed by atoms with E-state index in [1.54, 1.807) is 24.5 Å². The van der Waals surface area contributed by atoms with Crippen LogP contribution in [0.25, 0.3) is 0 Å². The van der Waals surface area contributed by atoms with Crippen molar-refractivity contribution in [2.45, 2.75) is 5.16 Å². The van der Waals surface area contributed by atoms with Gasteiger partial charge in [-0.25, -0.2) is 9.97 Å². The molecule has 0 atom stereocenters. The van der Waals surface area contributed by atoms with Crippen LogP contribution in [0, 0.1) is 0 Å². The van der Waals surface area contributed by atoms with Crippen molar-refractivity contribution in [3.63, 3.8) is 0 Å². The number of carbonyl (C=O) groups excluding carboxylic acids is 2. The van der Waals surface area contributed by atoms with E-state index in [0.717, 1.165) is 5.69 Å². The summed E-state index contributed by atoms with van der Waals surface area (Å²) in [6.07, 6.45) is 3.26. The summed E-state index contributed by atoms with van der Waals surface area (Å²) in [6.45, 7) is 0.0338. The van der Waals surface area contributed by atoms with Crippen molar-refractivity contribution in [2.24, 2.45) is 0 Å². The molecule has 1 aromatic heterocycles. The average Bonchev–Trinajstić information content (AvgIpc) is 2.52. The van der Waals surface area contributed by atoms with Crippen molar-refractivity contribution in [3.05, 3.63) is 42.7 Å². The molecular weight excluding hydrogens is 288 g/mol. The molecule has 0 aliphatic carbocycles. The third kappa shape index (κ3) is 3.03. The van der Waals surface area contributed by atoms with E-state index in [-0.39, 0.29) is 24.1 Å². The highest BCUT2D eigenvalue weighted by Gasteiger charge is 2.26. The van der Waals surface area contributed by atoms with Crippen molar-refractivity contribution in [2.75, 3.05) is 22.5 Å². The minimum absolute atomic E-state index is 0.0338. The molecule has 106 valence electrons. The predicted molar refractivity (Wildman–Crippen MR) is 80.2 cm³/mol. The van der Waals surface area contributed by atoms with Gasteiger partial charge in [-0.15, -0.1) is 0 Å². The van der Waals surface area contributed by atoms with Gasteiger partial charge in [-0.05, 0) is 18.2 Å². The molecule has 1 aliphatic rings. The largest absolute Gasteiger partial charge is 0.323 e. The summed E-state index contributed by atoms with van der Waals surface area (Å²) < 4.78 is 0. The lowest BCUT2D eigenvalue weighted by molar-refractivity contribution is -0.120. The number of carbonyl (C=O) groups is 2. The Labute approximate surface area is 125 Å². The fraction of sp³-hybridized carbons (Fsp3) is 0.143. The maximum atomic E-state index is 12.3. The molecule has 2 amide bonds. The summed E-state index contributed by atoms with van der Waals surface area (Å²) in [5, 5.41) is 3.30. The number of nitrogens with one attached hydrogen (secondary N) is 1. The van der Waals surface area contributed by atoms with Gasteiger partial charge in [0.2, 0.25) is 11.8 Å². The number of thioether (sulfide) groups is 1. The molecule has 0 unspecified atom stereocenters. The number of anilines is 2. The van der Waals surface area contributed by atoms with Gasteiger partial charge in [0.1, 0.15) is 6.54 Å². The van der Waals surface area contributed by atoms with E-state index in [1.165, 1.54) is 16.7 Å². The number of hydrogen-bond donors (Lipinski definition) is 1. The van der Waals surface area contributed by atoms with Crippen LogP contribution in [0.3, 0.4) is 0 Å². The molecule has 21 heavy (non-hydrogen) atoms. The molecule has 2 aromatic rings. The molecule has 2 heterocycles. The van der Waals surface area contributed by atoms with E-state index in [0.29, 0.717) is 10.8 Å². The lowest BCUT2D eigenvalue weighted by Gasteiger charge is -2.28. The summed E-state index contributed by atoms with van der Waals surface area (Å²) in [7, 11) is 0. The van der Waals surface area contributed by atoms with Crippen molar-refractivity contribution >= 4 is 35.0 Å². The van der Waals surface area contributed by atoms with E-state index in [9.17, 15) is 9.59 Å². The van der Waals surface area contributed by atoms with E-state index in [1.807, 2.05) is 18.2 Å². The Bertz CT molecular complexity index is 678. The SMILES string of the molecule is O=C1CN(C(=O)CSc2ncccn2)c2ccccc2N1. The normalized spacial score (nSPS) is 13.5. The highest BCUT2D eigenvalue weighted by Crippen LogP contribution is 2.29. The van der Waals surface area contributed by atoms with Crippen LogP contribution in [-0.4, -0.2) is 34.1 Å². The van der Waals surface area contributed by atoms with Gasteiger partial charge < -0.3 is 10.2 Å². The maximum absolute atomic E-state index is 12.3. The zero-order valence-electron chi connectivity index (χ0n) is 11.0. The molecule has 1 aliphatic heterocycles. The topological polar surface area (TPSA) is 75.2 Å². The monoisotopic (exact) mass is 300 g/mol. The Hall–Kier alpha value is -2.41. The zero-order valence-corrected chi connectivity index (χ0v) is 11.8. The van der Waals surface area contributed by atoms with E-state index in [4.69, 9.17) is 0 Å². The van der Waals surface area contributed by atoms with E-state index < -0.39 is 0 Å². The number of benzene rings is 1. The second-order valence-electron chi connectivity index (χ2n) is 4.37. The smallest absolute Gasteiger partial charge is 0.244 e. The maximum Gasteiger partial charge on any atom is 0.244 e. The van der Waals surface area contributed by atoms with Crippen molar-refractivity contribution < 1.29 is 9.59 Å². The molecule has 3 rings (SSSR count). The first-order chi connectivity index (χ1) is 10.2. The van der Waals surface area contributed by atoms with Crippen LogP contribution < -0.4 is 10.2 Å². The predicted octanol–water partition coefficient (Wildman–Crippen LogP) is 1.55. The summed E-state index contributed by atoms with van der Waals surface area (Å²) in [6, 6.07) is 8.97. The molecule has 1 aromatic carbocycles. The Kier molecular flexibility index (Phi) is 3.83. The van der Waals surface area contributed by atoms with E-state index >= 15 is 0 Å². The first-order valence-electron chi connectivity index (χ1n) is 6.33. The van der Waals surface area contributed by atoms with Crippen LogP contribution in [0.5, 0.6) is 0 Å². The van der Waals surface area contributed by atoms with Crippen molar-refractivity contribution in [1.82, 2.24) is 9.97 Å². The first-order valence-corrected chi connectivity index (χ1v) is 7.31. The molecule has 0 saturated heterocycles. The van der Waals surface area contributed by atoms with Crippen LogP contribution in [0.1, 0.15) is 0 Å². The fourth-order valence-electron chi connectivity index (χ4n) is 2.02. The quantitative estimate of drug-likeness (QED) is 0.687. The lowest BCUT2D eigenvalue weighted by atomic mass is 10.2. The van der Waals surface area contributed by atoms with Gasteiger partial charge in [0.15, 0.2) is 5.16 Å². The third-order valence-electron chi connectivity index (χ3n) is 2.94. The zero-order chi connectivity index (χ0) is 14.7. The Morgan fingerprint density at radius 3 is 2.81 bits per heavy atom. The van der Waals surface area contributed by atoms with Gasteiger partial charge in [-0.2, -0.15) is 0 Å². The van der Waals surface area contributed by atoms with Crippen LogP contribution in [0.15, 0.2) is 47.9 Å². The Morgan fingerprint density at radius 2 is 2.00 bits per heavy atom. The summed E-state index contributed by atoms with van der Waals surface area (Å²) in [5.74, 6) is -0.149. The van der Waals surface area contributed by atoms with Crippen LogP contribution in [0.4, 0.5) is 11.4 Å². The van der Waals surface area contributed by atoms with Crippen LogP contribution >= 0.6 is 11.8 Å². The number of aromatic nitrogens is 2. The number of rotatable bonds is 3.